The maximum absolute atomic E-state index is 2.50. The summed E-state index contributed by atoms with van der Waals surface area (Å²) in [5, 5.41) is 0. The molecule has 0 heterocycles. The lowest BCUT2D eigenvalue weighted by atomic mass is 9.77. The van der Waals surface area contributed by atoms with Crippen LogP contribution in [0.4, 0.5) is 17.1 Å². The fraction of sp³-hybridized carbons (Fsp3) is 0.373. The number of nitrogens with zero attached hydrogens (tertiary/aromatic N) is 1. The van der Waals surface area contributed by atoms with E-state index in [1.54, 1.807) is 0 Å². The molecule has 0 N–H and O–H groups in total. The van der Waals surface area contributed by atoms with Crippen LogP contribution in [0.5, 0.6) is 0 Å². The SMILES string of the molecule is CC(C)(C)c1cc(-c2cccc(N(c3ccc(C4CCCCC4)cc3)c3ccc4c(c3)C(C)(C)c3ccccc3-4)c2)cc(-c2cc(-c3cc(C(C)(C)C)cc(C(C)(C)C)c3)cc(C(C)(C)C)c2)c1. The van der Waals surface area contributed by atoms with Crippen LogP contribution in [0.25, 0.3) is 44.5 Å². The highest BCUT2D eigenvalue weighted by molar-refractivity contribution is 5.87. The highest BCUT2D eigenvalue weighted by atomic mass is 15.1. The summed E-state index contributed by atoms with van der Waals surface area (Å²) in [4.78, 5) is 2.50. The molecule has 7 aromatic carbocycles. The second-order valence-electron chi connectivity index (χ2n) is 25.1. The highest BCUT2D eigenvalue weighted by Gasteiger charge is 2.36. The number of anilines is 3. The van der Waals surface area contributed by atoms with Gasteiger partial charge in [-0.15, -0.1) is 0 Å². The van der Waals surface area contributed by atoms with Gasteiger partial charge in [0.25, 0.3) is 0 Å². The Morgan fingerprint density at radius 2 is 0.809 bits per heavy atom. The monoisotopic (exact) mass is 896 g/mol. The minimum atomic E-state index is -0.0987. The molecule has 0 aromatic heterocycles. The van der Waals surface area contributed by atoms with Crippen LogP contribution in [0.2, 0.25) is 0 Å². The molecule has 1 heteroatoms. The molecule has 0 aliphatic heterocycles. The van der Waals surface area contributed by atoms with Crippen molar-refractivity contribution in [2.75, 3.05) is 4.90 Å². The topological polar surface area (TPSA) is 3.24 Å². The van der Waals surface area contributed by atoms with Gasteiger partial charge >= 0.3 is 0 Å². The molecule has 0 bridgehead atoms. The molecule has 350 valence electrons. The van der Waals surface area contributed by atoms with Gasteiger partial charge in [-0.1, -0.05) is 213 Å². The third kappa shape index (κ3) is 9.40. The Balaban J connectivity index is 1.19. The lowest BCUT2D eigenvalue weighted by molar-refractivity contribution is 0.443. The average molecular weight is 896 g/mol. The van der Waals surface area contributed by atoms with Crippen molar-refractivity contribution in [3.05, 3.63) is 185 Å². The molecule has 0 unspecified atom stereocenters. The molecular weight excluding hydrogens is 819 g/mol. The van der Waals surface area contributed by atoms with Crippen molar-refractivity contribution in [3.63, 3.8) is 0 Å². The van der Waals surface area contributed by atoms with Crippen LogP contribution in [-0.4, -0.2) is 0 Å². The van der Waals surface area contributed by atoms with E-state index in [1.807, 2.05) is 0 Å². The van der Waals surface area contributed by atoms with Crippen LogP contribution in [0.3, 0.4) is 0 Å². The minimum absolute atomic E-state index is 0.0297. The minimum Gasteiger partial charge on any atom is -0.310 e. The van der Waals surface area contributed by atoms with Crippen molar-refractivity contribution in [3.8, 4) is 44.5 Å². The number of hydrogen-bond acceptors (Lipinski definition) is 1. The first kappa shape index (κ1) is 47.4. The normalized spacial score (nSPS) is 15.3. The summed E-state index contributed by atoms with van der Waals surface area (Å²) in [6, 6.07) is 57.1. The van der Waals surface area contributed by atoms with Gasteiger partial charge in [0.05, 0.1) is 0 Å². The molecular formula is C67H77N. The second-order valence-corrected chi connectivity index (χ2v) is 25.1. The van der Waals surface area contributed by atoms with Crippen molar-refractivity contribution in [2.24, 2.45) is 0 Å². The number of rotatable bonds is 7. The Morgan fingerprint density at radius 1 is 0.368 bits per heavy atom. The predicted octanol–water partition coefficient (Wildman–Crippen LogP) is 19.7. The Hall–Kier alpha value is -5.66. The van der Waals surface area contributed by atoms with Crippen molar-refractivity contribution in [2.45, 2.75) is 162 Å². The van der Waals surface area contributed by atoms with Crippen LogP contribution in [0, 0.1) is 0 Å². The van der Waals surface area contributed by atoms with Gasteiger partial charge in [0.2, 0.25) is 0 Å². The van der Waals surface area contributed by atoms with Gasteiger partial charge in [0.1, 0.15) is 0 Å². The molecule has 9 rings (SSSR count). The van der Waals surface area contributed by atoms with Crippen LogP contribution in [-0.2, 0) is 27.1 Å². The Morgan fingerprint density at radius 3 is 1.34 bits per heavy atom. The van der Waals surface area contributed by atoms with Gasteiger partial charge < -0.3 is 4.90 Å². The summed E-state index contributed by atoms with van der Waals surface area (Å²) in [6.07, 6.45) is 6.64. The van der Waals surface area contributed by atoms with Crippen LogP contribution in [0.1, 0.15) is 174 Å². The number of benzene rings is 7. The van der Waals surface area contributed by atoms with E-state index in [9.17, 15) is 0 Å². The van der Waals surface area contributed by atoms with E-state index >= 15 is 0 Å². The van der Waals surface area contributed by atoms with Gasteiger partial charge in [-0.05, 0) is 172 Å². The van der Waals surface area contributed by atoms with Gasteiger partial charge in [-0.2, -0.15) is 0 Å². The van der Waals surface area contributed by atoms with Crippen LogP contribution >= 0.6 is 0 Å². The highest BCUT2D eigenvalue weighted by Crippen LogP contribution is 2.51. The molecule has 0 spiro atoms. The first-order valence-corrected chi connectivity index (χ1v) is 25.7. The first-order chi connectivity index (χ1) is 31.9. The van der Waals surface area contributed by atoms with Crippen molar-refractivity contribution < 1.29 is 0 Å². The summed E-state index contributed by atoms with van der Waals surface area (Å²) in [5.41, 5.74) is 23.3. The van der Waals surface area contributed by atoms with E-state index in [4.69, 9.17) is 0 Å². The maximum Gasteiger partial charge on any atom is 0.0467 e. The third-order valence-electron chi connectivity index (χ3n) is 15.4. The van der Waals surface area contributed by atoms with Crippen molar-refractivity contribution >= 4 is 17.1 Å². The van der Waals surface area contributed by atoms with E-state index in [0.29, 0.717) is 5.92 Å². The standard InChI is InChI=1S/C67H77N/c1-63(2,3)52-35-47(33-48(36-52)49-34-50(38-53(37-49)64(4,5)6)51-39-54(65(7,8)9)42-55(40-51)66(10,11)12)46-23-20-24-57(41-46)68(56-29-27-45(28-30-56)44-21-16-15-17-22-44)58-31-32-60-59-25-18-19-26-61(59)67(13,14)62(60)43-58/h18-20,23-44H,15-17,21-22H2,1-14H3. The number of hydrogen-bond donors (Lipinski definition) is 0. The maximum atomic E-state index is 2.50. The zero-order valence-corrected chi connectivity index (χ0v) is 43.9. The molecule has 7 aromatic rings. The first-order valence-electron chi connectivity index (χ1n) is 25.7. The van der Waals surface area contributed by atoms with E-state index in [1.165, 1.54) is 127 Å². The average Bonchev–Trinajstić information content (AvgIpc) is 3.53. The Kier molecular flexibility index (Phi) is 12.1. The van der Waals surface area contributed by atoms with Gasteiger partial charge in [0.15, 0.2) is 0 Å². The Bertz CT molecular complexity index is 2940. The fourth-order valence-corrected chi connectivity index (χ4v) is 10.9. The molecule has 1 saturated carbocycles. The molecule has 2 aliphatic rings. The van der Waals surface area contributed by atoms with Crippen LogP contribution in [0.15, 0.2) is 146 Å². The van der Waals surface area contributed by atoms with E-state index in [-0.39, 0.29) is 27.1 Å². The van der Waals surface area contributed by atoms with Gasteiger partial charge in [0, 0.05) is 22.5 Å². The van der Waals surface area contributed by atoms with E-state index in [2.05, 4.69) is 247 Å². The van der Waals surface area contributed by atoms with Crippen molar-refractivity contribution in [1.82, 2.24) is 0 Å². The number of fused-ring (bicyclic) bond motifs is 3. The zero-order chi connectivity index (χ0) is 48.6. The smallest absolute Gasteiger partial charge is 0.0467 e. The second kappa shape index (κ2) is 17.4. The third-order valence-corrected chi connectivity index (χ3v) is 15.4. The van der Waals surface area contributed by atoms with Gasteiger partial charge in [-0.25, -0.2) is 0 Å². The summed E-state index contributed by atoms with van der Waals surface area (Å²) < 4.78 is 0. The molecule has 0 radical (unpaired) electrons. The molecule has 2 aliphatic carbocycles. The van der Waals surface area contributed by atoms with Gasteiger partial charge in [-0.3, -0.25) is 0 Å². The molecule has 0 saturated heterocycles. The summed E-state index contributed by atoms with van der Waals surface area (Å²) in [6.45, 7) is 32.9. The quantitative estimate of drug-likeness (QED) is 0.154. The fourth-order valence-electron chi connectivity index (χ4n) is 10.9. The zero-order valence-electron chi connectivity index (χ0n) is 43.9. The lowest BCUT2D eigenvalue weighted by Crippen LogP contribution is -2.16. The van der Waals surface area contributed by atoms with E-state index < -0.39 is 0 Å². The molecule has 1 nitrogen and oxygen atoms in total. The Labute approximate surface area is 411 Å². The van der Waals surface area contributed by atoms with Crippen molar-refractivity contribution in [1.29, 1.82) is 0 Å². The summed E-state index contributed by atoms with van der Waals surface area (Å²) in [7, 11) is 0. The summed E-state index contributed by atoms with van der Waals surface area (Å²) in [5.74, 6) is 0.660. The lowest BCUT2D eigenvalue weighted by Gasteiger charge is -2.29. The molecule has 0 atom stereocenters. The molecule has 1 fully saturated rings. The largest absolute Gasteiger partial charge is 0.310 e. The predicted molar refractivity (Wildman–Crippen MR) is 296 cm³/mol. The van der Waals surface area contributed by atoms with E-state index in [0.717, 1.165) is 5.69 Å². The molecule has 68 heavy (non-hydrogen) atoms. The summed E-state index contributed by atoms with van der Waals surface area (Å²) >= 11 is 0. The molecule has 0 amide bonds. The van der Waals surface area contributed by atoms with Crippen LogP contribution < -0.4 is 4.90 Å².